The van der Waals surface area contributed by atoms with Gasteiger partial charge in [-0.05, 0) is 37.5 Å². The maximum Gasteiger partial charge on any atom is 0.271 e. The Balaban J connectivity index is 1.52. The molecule has 3 aromatic rings. The Morgan fingerprint density at radius 1 is 1.14 bits per heavy atom. The zero-order valence-corrected chi connectivity index (χ0v) is 19.6. The van der Waals surface area contributed by atoms with Crippen molar-refractivity contribution in [2.24, 2.45) is 0 Å². The van der Waals surface area contributed by atoms with E-state index < -0.39 is 9.85 Å². The van der Waals surface area contributed by atoms with Crippen LogP contribution in [0.1, 0.15) is 18.4 Å². The quantitative estimate of drug-likeness (QED) is 0.262. The number of amides is 1. The Kier molecular flexibility index (Phi) is 7.36. The van der Waals surface area contributed by atoms with Crippen LogP contribution in [0.3, 0.4) is 0 Å². The first-order chi connectivity index (χ1) is 16.8. The van der Waals surface area contributed by atoms with Crippen molar-refractivity contribution in [3.05, 3.63) is 68.3 Å². The summed E-state index contributed by atoms with van der Waals surface area (Å²) in [7, 11) is 0. The van der Waals surface area contributed by atoms with Crippen LogP contribution in [0.2, 0.25) is 0 Å². The van der Waals surface area contributed by atoms with Crippen LogP contribution in [0, 0.1) is 27.2 Å². The standard InChI is InChI=1S/C22H22N6O6S/c1-14-4-7-17(28(32)33)11-19(14)23-20(29)13-35-22-25-24-21(26(22)12-18-3-2-10-34-18)15-5-8-16(9-6-15)27(30)31/h4-9,11,18H,2-3,10,12-13H2,1H3,(H,23,29)/t18-/m1/s1. The van der Waals surface area contributed by atoms with Crippen LogP contribution < -0.4 is 5.32 Å². The second-order valence-corrected chi connectivity index (χ2v) is 8.89. The number of rotatable bonds is 9. The summed E-state index contributed by atoms with van der Waals surface area (Å²) in [6.07, 6.45) is 1.81. The maximum atomic E-state index is 12.6. The Bertz CT molecular complexity index is 1260. The van der Waals surface area contributed by atoms with Crippen molar-refractivity contribution in [1.29, 1.82) is 0 Å². The van der Waals surface area contributed by atoms with E-state index in [4.69, 9.17) is 4.74 Å². The summed E-state index contributed by atoms with van der Waals surface area (Å²) in [4.78, 5) is 33.6. The van der Waals surface area contributed by atoms with E-state index in [9.17, 15) is 25.0 Å². The molecule has 2 aromatic carbocycles. The van der Waals surface area contributed by atoms with E-state index in [0.29, 0.717) is 40.9 Å². The number of nitrogens with one attached hydrogen (secondary N) is 1. The molecule has 1 atom stereocenters. The molecule has 1 aromatic heterocycles. The molecule has 1 amide bonds. The van der Waals surface area contributed by atoms with Crippen LogP contribution in [0.4, 0.5) is 17.1 Å². The minimum absolute atomic E-state index is 0.00600. The number of hydrogen-bond acceptors (Lipinski definition) is 9. The molecule has 1 N–H and O–H groups in total. The Morgan fingerprint density at radius 3 is 2.51 bits per heavy atom. The topological polar surface area (TPSA) is 155 Å². The van der Waals surface area contributed by atoms with Gasteiger partial charge in [0.05, 0.1) is 33.9 Å². The first kappa shape index (κ1) is 24.3. The van der Waals surface area contributed by atoms with Crippen molar-refractivity contribution < 1.29 is 19.4 Å². The molecule has 2 heterocycles. The van der Waals surface area contributed by atoms with Gasteiger partial charge in [0.1, 0.15) is 0 Å². The molecular weight excluding hydrogens is 476 g/mol. The van der Waals surface area contributed by atoms with E-state index in [-0.39, 0.29) is 29.1 Å². The number of benzene rings is 2. The normalized spacial score (nSPS) is 15.2. The largest absolute Gasteiger partial charge is 0.376 e. The van der Waals surface area contributed by atoms with Gasteiger partial charge in [0.15, 0.2) is 11.0 Å². The molecule has 1 aliphatic rings. The first-order valence-electron chi connectivity index (χ1n) is 10.8. The molecule has 0 radical (unpaired) electrons. The third-order valence-electron chi connectivity index (χ3n) is 5.50. The summed E-state index contributed by atoms with van der Waals surface area (Å²) in [5.74, 6) is 0.182. The fourth-order valence-electron chi connectivity index (χ4n) is 3.67. The van der Waals surface area contributed by atoms with Gasteiger partial charge in [-0.25, -0.2) is 0 Å². The molecule has 0 spiro atoms. The minimum Gasteiger partial charge on any atom is -0.376 e. The fourth-order valence-corrected chi connectivity index (χ4v) is 4.42. The second-order valence-electron chi connectivity index (χ2n) is 7.95. The van der Waals surface area contributed by atoms with Crippen molar-refractivity contribution in [3.8, 4) is 11.4 Å². The lowest BCUT2D eigenvalue weighted by Crippen LogP contribution is -2.18. The summed E-state index contributed by atoms with van der Waals surface area (Å²) >= 11 is 1.18. The number of non-ortho nitro benzene ring substituents is 2. The first-order valence-corrected chi connectivity index (χ1v) is 11.8. The van der Waals surface area contributed by atoms with Crippen LogP contribution in [0.5, 0.6) is 0 Å². The summed E-state index contributed by atoms with van der Waals surface area (Å²) in [6, 6.07) is 10.3. The number of nitrogens with zero attached hydrogens (tertiary/aromatic N) is 5. The molecule has 182 valence electrons. The number of nitro groups is 2. The highest BCUT2D eigenvalue weighted by atomic mass is 32.2. The van der Waals surface area contributed by atoms with Crippen LogP contribution in [-0.2, 0) is 16.1 Å². The highest BCUT2D eigenvalue weighted by Crippen LogP contribution is 2.28. The van der Waals surface area contributed by atoms with E-state index >= 15 is 0 Å². The lowest BCUT2D eigenvalue weighted by Gasteiger charge is -2.15. The second kappa shape index (κ2) is 10.6. The average molecular weight is 499 g/mol. The smallest absolute Gasteiger partial charge is 0.271 e. The average Bonchev–Trinajstić information content (AvgIpc) is 3.49. The molecule has 0 saturated carbocycles. The Hall–Kier alpha value is -3.84. The Morgan fingerprint density at radius 2 is 1.86 bits per heavy atom. The number of carbonyl (C=O) groups is 1. The maximum absolute atomic E-state index is 12.6. The van der Waals surface area contributed by atoms with Crippen molar-refractivity contribution in [2.45, 2.75) is 37.6 Å². The predicted octanol–water partition coefficient (Wildman–Crippen LogP) is 3.98. The van der Waals surface area contributed by atoms with Crippen LogP contribution in [-0.4, -0.2) is 49.0 Å². The zero-order chi connectivity index (χ0) is 24.9. The molecule has 13 heteroatoms. The molecule has 4 rings (SSSR count). The van der Waals surface area contributed by atoms with Gasteiger partial charge in [-0.1, -0.05) is 17.8 Å². The molecule has 1 aliphatic heterocycles. The molecule has 1 saturated heterocycles. The number of nitro benzene ring substituents is 2. The van der Waals surface area contributed by atoms with Gasteiger partial charge in [0.25, 0.3) is 11.4 Å². The van der Waals surface area contributed by atoms with Crippen molar-refractivity contribution in [2.75, 3.05) is 17.7 Å². The minimum atomic E-state index is -0.517. The lowest BCUT2D eigenvalue weighted by molar-refractivity contribution is -0.385. The van der Waals surface area contributed by atoms with Crippen molar-refractivity contribution >= 4 is 34.7 Å². The highest BCUT2D eigenvalue weighted by Gasteiger charge is 2.23. The number of thioether (sulfide) groups is 1. The number of ether oxygens (including phenoxy) is 1. The molecule has 35 heavy (non-hydrogen) atoms. The van der Waals surface area contributed by atoms with Gasteiger partial charge in [-0.3, -0.25) is 29.6 Å². The third kappa shape index (κ3) is 5.81. The highest BCUT2D eigenvalue weighted by molar-refractivity contribution is 7.99. The van der Waals surface area contributed by atoms with Crippen LogP contribution in [0.25, 0.3) is 11.4 Å². The number of anilines is 1. The molecule has 0 bridgehead atoms. The molecular formula is C22H22N6O6S. The third-order valence-corrected chi connectivity index (χ3v) is 6.47. The van der Waals surface area contributed by atoms with Gasteiger partial charge in [-0.15, -0.1) is 10.2 Å². The summed E-state index contributed by atoms with van der Waals surface area (Å²) in [6.45, 7) is 2.90. The van der Waals surface area contributed by atoms with Crippen molar-refractivity contribution in [3.63, 3.8) is 0 Å². The zero-order valence-electron chi connectivity index (χ0n) is 18.7. The number of carbonyl (C=O) groups excluding carboxylic acids is 1. The predicted molar refractivity (Wildman–Crippen MR) is 128 cm³/mol. The summed E-state index contributed by atoms with van der Waals surface area (Å²) in [5.41, 5.74) is 1.60. The SMILES string of the molecule is Cc1ccc([N+](=O)[O-])cc1NC(=O)CSc1nnc(-c2ccc([N+](=O)[O-])cc2)n1C[C@H]1CCCO1. The van der Waals surface area contributed by atoms with Gasteiger partial charge in [-0.2, -0.15) is 0 Å². The van der Waals surface area contributed by atoms with Gasteiger partial charge in [0, 0.05) is 36.4 Å². The van der Waals surface area contributed by atoms with E-state index in [1.807, 2.05) is 4.57 Å². The molecule has 0 unspecified atom stereocenters. The number of hydrogen-bond donors (Lipinski definition) is 1. The van der Waals surface area contributed by atoms with Crippen LogP contribution >= 0.6 is 11.8 Å². The Labute approximate surface area is 204 Å². The van der Waals surface area contributed by atoms with Gasteiger partial charge in [0.2, 0.25) is 5.91 Å². The number of aromatic nitrogens is 3. The lowest BCUT2D eigenvalue weighted by atomic mass is 10.2. The fraction of sp³-hybridized carbons (Fsp3) is 0.318. The van der Waals surface area contributed by atoms with Crippen molar-refractivity contribution in [1.82, 2.24) is 14.8 Å². The summed E-state index contributed by atoms with van der Waals surface area (Å²) in [5, 5.41) is 33.7. The summed E-state index contributed by atoms with van der Waals surface area (Å²) < 4.78 is 7.62. The molecule has 1 fully saturated rings. The van der Waals surface area contributed by atoms with Gasteiger partial charge < -0.3 is 10.1 Å². The van der Waals surface area contributed by atoms with Crippen LogP contribution in [0.15, 0.2) is 47.6 Å². The van der Waals surface area contributed by atoms with E-state index in [0.717, 1.165) is 12.8 Å². The molecule has 12 nitrogen and oxygen atoms in total. The molecule has 0 aliphatic carbocycles. The van der Waals surface area contributed by atoms with E-state index in [1.165, 1.54) is 36.0 Å². The monoisotopic (exact) mass is 498 g/mol. The van der Waals surface area contributed by atoms with E-state index in [1.54, 1.807) is 25.1 Å². The van der Waals surface area contributed by atoms with Gasteiger partial charge >= 0.3 is 0 Å². The number of aryl methyl sites for hydroxylation is 1. The van der Waals surface area contributed by atoms with E-state index in [2.05, 4.69) is 15.5 Å².